The van der Waals surface area contributed by atoms with Crippen LogP contribution in [-0.2, 0) is 18.5 Å². The van der Waals surface area contributed by atoms with E-state index in [0.29, 0.717) is 22.1 Å². The van der Waals surface area contributed by atoms with Gasteiger partial charge >= 0.3 is 6.18 Å². The number of hydrogen-bond acceptors (Lipinski definition) is 5. The summed E-state index contributed by atoms with van der Waals surface area (Å²) in [5, 5.41) is 12.3. The van der Waals surface area contributed by atoms with Crippen LogP contribution in [0.2, 0.25) is 0 Å². The van der Waals surface area contributed by atoms with Crippen molar-refractivity contribution in [3.63, 3.8) is 0 Å². The number of carboxylic acids is 1. The van der Waals surface area contributed by atoms with E-state index in [0.717, 1.165) is 6.07 Å². The molecule has 4 rings (SSSR count). The number of rotatable bonds is 6. The fraction of sp³-hybridized carbons (Fsp3) is 0.190. The van der Waals surface area contributed by atoms with Crippen molar-refractivity contribution < 1.29 is 27.8 Å². The number of carboxylic acid groups (broad SMARTS) is 1. The van der Waals surface area contributed by atoms with Crippen molar-refractivity contribution in [3.8, 4) is 16.6 Å². The number of aromatic nitrogens is 3. The number of fused-ring (bicyclic) bond motifs is 1. The van der Waals surface area contributed by atoms with Crippen LogP contribution in [0.3, 0.4) is 0 Å². The molecule has 6 nitrogen and oxygen atoms in total. The zero-order chi connectivity index (χ0) is 22.2. The van der Waals surface area contributed by atoms with Gasteiger partial charge in [0.25, 0.3) is 15.8 Å². The molecule has 0 bridgehead atoms. The molecule has 1 atom stereocenters. The number of alkyl halides is 3. The predicted octanol–water partition coefficient (Wildman–Crippen LogP) is 4.13. The zero-order valence-corrected chi connectivity index (χ0v) is 17.0. The number of ether oxygens (including phenoxy) is 1. The molecule has 0 spiro atoms. The van der Waals surface area contributed by atoms with E-state index in [9.17, 15) is 23.1 Å². The Morgan fingerprint density at radius 3 is 2.65 bits per heavy atom. The summed E-state index contributed by atoms with van der Waals surface area (Å²) >= 11 is 0. The monoisotopic (exact) mass is 447 g/mol. The molecule has 0 aliphatic heterocycles. The van der Waals surface area contributed by atoms with E-state index in [1.165, 1.54) is 18.2 Å². The van der Waals surface area contributed by atoms with Crippen LogP contribution in [0.25, 0.3) is 16.3 Å². The Hall–Kier alpha value is -3.40. The molecule has 1 aromatic carbocycles. The van der Waals surface area contributed by atoms with Crippen molar-refractivity contribution in [2.75, 3.05) is 0 Å². The summed E-state index contributed by atoms with van der Waals surface area (Å²) in [6.45, 7) is 1.32. The quantitative estimate of drug-likeness (QED) is 0.416. The second-order valence-corrected chi connectivity index (χ2v) is 8.69. The Balaban J connectivity index is 1.77. The van der Waals surface area contributed by atoms with E-state index in [-0.39, 0.29) is 16.3 Å². The van der Waals surface area contributed by atoms with E-state index < -0.39 is 34.8 Å². The van der Waals surface area contributed by atoms with Crippen LogP contribution in [0.15, 0.2) is 54.9 Å². The van der Waals surface area contributed by atoms with E-state index in [1.807, 2.05) is 6.07 Å². The van der Waals surface area contributed by atoms with Gasteiger partial charge in [0, 0.05) is 22.2 Å². The first-order valence-corrected chi connectivity index (χ1v) is 10.7. The average Bonchev–Trinajstić information content (AvgIpc) is 3.32. The molecule has 0 saturated carbocycles. The van der Waals surface area contributed by atoms with Crippen LogP contribution in [0.5, 0.6) is 5.88 Å². The third-order valence-corrected chi connectivity index (χ3v) is 6.85. The summed E-state index contributed by atoms with van der Waals surface area (Å²) in [5.41, 5.74) is 0.288. The molecule has 160 valence electrons. The number of hydrogen-bond donors (Lipinski definition) is 0. The molecule has 0 fully saturated rings. The lowest BCUT2D eigenvalue weighted by molar-refractivity contribution is -0.254. The van der Waals surface area contributed by atoms with Crippen LogP contribution in [0, 0.1) is 0 Å². The molecule has 0 aliphatic carbocycles. The Kier molecular flexibility index (Phi) is 5.40. The zero-order valence-electron chi connectivity index (χ0n) is 16.2. The highest BCUT2D eigenvalue weighted by atomic mass is 32.2. The standard InChI is InChI=1S/C21H16F3N3O3S/c1-2-31-17(20(28)29)18(30-12-13-7-3-4-8-14(13)21(22,23)24)26-19(31)15-11-25-16-9-5-6-10-27(15)16/h3-11H,2,12H2,1H3. The lowest BCUT2D eigenvalue weighted by atomic mass is 10.1. The van der Waals surface area contributed by atoms with Crippen molar-refractivity contribution >= 4 is 22.1 Å². The van der Waals surface area contributed by atoms with Crippen molar-refractivity contribution in [3.05, 3.63) is 70.9 Å². The Bertz CT molecular complexity index is 1260. The van der Waals surface area contributed by atoms with Crippen LogP contribution in [0.4, 0.5) is 13.2 Å². The van der Waals surface area contributed by atoms with Crippen molar-refractivity contribution in [1.82, 2.24) is 14.4 Å². The highest BCUT2D eigenvalue weighted by Gasteiger charge is 2.35. The first kappa shape index (κ1) is 20.9. The number of imidazole rings is 1. The van der Waals surface area contributed by atoms with Gasteiger partial charge in [0.15, 0.2) is 0 Å². The minimum atomic E-state index is -4.56. The molecule has 1 unspecified atom stereocenters. The van der Waals surface area contributed by atoms with Crippen LogP contribution in [-0.4, -0.2) is 20.3 Å². The molecule has 4 aromatic rings. The van der Waals surface area contributed by atoms with Gasteiger partial charge < -0.3 is 14.6 Å². The van der Waals surface area contributed by atoms with Crippen molar-refractivity contribution in [2.45, 2.75) is 25.5 Å². The van der Waals surface area contributed by atoms with Gasteiger partial charge in [-0.05, 0) is 25.1 Å². The summed E-state index contributed by atoms with van der Waals surface area (Å²) in [5.74, 6) is -1.28. The lowest BCUT2D eigenvalue weighted by Gasteiger charge is -2.12. The number of aromatic carboxylic acids is 1. The summed E-state index contributed by atoms with van der Waals surface area (Å²) in [6.07, 6.45) is -1.20. The van der Waals surface area contributed by atoms with Gasteiger partial charge in [0.05, 0.1) is 11.8 Å². The fourth-order valence-electron chi connectivity index (χ4n) is 3.31. The number of halogens is 3. The largest absolute Gasteiger partial charge is 0.540 e. The van der Waals surface area contributed by atoms with Crippen LogP contribution in [0.1, 0.15) is 27.7 Å². The molecule has 0 saturated heterocycles. The Morgan fingerprint density at radius 1 is 1.19 bits per heavy atom. The van der Waals surface area contributed by atoms with E-state index in [1.54, 1.807) is 35.9 Å². The molecular formula is C21H16F3N3O3S. The van der Waals surface area contributed by atoms with Gasteiger partial charge in [-0.3, -0.25) is 4.40 Å². The van der Waals surface area contributed by atoms with Gasteiger partial charge in [-0.15, -0.1) is 0 Å². The lowest BCUT2D eigenvalue weighted by Crippen LogP contribution is -2.22. The van der Waals surface area contributed by atoms with Crippen LogP contribution < -0.4 is 9.84 Å². The van der Waals surface area contributed by atoms with Crippen LogP contribution >= 0.6 is 10.5 Å². The third kappa shape index (κ3) is 3.86. The molecule has 10 heteroatoms. The Morgan fingerprint density at radius 2 is 1.94 bits per heavy atom. The normalized spacial score (nSPS) is 12.3. The molecule has 3 aromatic heterocycles. The smallest absolute Gasteiger partial charge is 0.416 e. The number of nitrogens with zero attached hydrogens (tertiary/aromatic N) is 3. The number of carbonyl (C=O) groups excluding carboxylic acids is 1. The maximum atomic E-state index is 13.3. The maximum absolute atomic E-state index is 13.3. The van der Waals surface area contributed by atoms with E-state index in [4.69, 9.17) is 4.74 Å². The molecule has 0 aliphatic rings. The molecule has 3 heterocycles. The summed E-state index contributed by atoms with van der Waals surface area (Å²) in [7, 11) is -0.976. The molecular weight excluding hydrogens is 431 g/mol. The minimum Gasteiger partial charge on any atom is -0.540 e. The SMILES string of the molecule is CC[s+]1c(-c2cnc3ccccn23)nc(OCc2ccccc2C(F)(F)F)c1C(=O)[O-]. The summed E-state index contributed by atoms with van der Waals surface area (Å²) < 4.78 is 47.1. The maximum Gasteiger partial charge on any atom is 0.416 e. The molecule has 0 N–H and O–H groups in total. The van der Waals surface area contributed by atoms with E-state index >= 15 is 0 Å². The predicted molar refractivity (Wildman–Crippen MR) is 107 cm³/mol. The molecule has 0 amide bonds. The number of thiazole rings is 1. The minimum absolute atomic E-state index is 0.116. The second-order valence-electron chi connectivity index (χ2n) is 6.53. The van der Waals surface area contributed by atoms with E-state index in [2.05, 4.69) is 9.97 Å². The first-order chi connectivity index (χ1) is 14.8. The van der Waals surface area contributed by atoms with Crippen molar-refractivity contribution in [1.29, 1.82) is 0 Å². The number of benzene rings is 1. The highest BCUT2D eigenvalue weighted by Crippen LogP contribution is 2.43. The summed E-state index contributed by atoms with van der Waals surface area (Å²) in [4.78, 5) is 20.4. The third-order valence-electron chi connectivity index (χ3n) is 4.67. The summed E-state index contributed by atoms with van der Waals surface area (Å²) in [6, 6.07) is 10.4. The van der Waals surface area contributed by atoms with Gasteiger partial charge in [-0.1, -0.05) is 24.3 Å². The van der Waals surface area contributed by atoms with Crippen molar-refractivity contribution in [2.24, 2.45) is 0 Å². The molecule has 31 heavy (non-hydrogen) atoms. The average molecular weight is 447 g/mol. The van der Waals surface area contributed by atoms with Gasteiger partial charge in [0.1, 0.15) is 29.7 Å². The highest BCUT2D eigenvalue weighted by molar-refractivity contribution is 7.35. The Labute approximate surface area is 177 Å². The number of pyridine rings is 1. The van der Waals surface area contributed by atoms with Gasteiger partial charge in [-0.25, -0.2) is 4.98 Å². The number of carbonyl (C=O) groups is 1. The second kappa shape index (κ2) is 8.03. The van der Waals surface area contributed by atoms with Gasteiger partial charge in [0.2, 0.25) is 0 Å². The first-order valence-electron chi connectivity index (χ1n) is 9.26. The molecule has 0 radical (unpaired) electrons. The fourth-order valence-corrected chi connectivity index (χ4v) is 5.18. The van der Waals surface area contributed by atoms with Gasteiger partial charge in [-0.2, -0.15) is 18.2 Å². The topological polar surface area (TPSA) is 79.5 Å².